The van der Waals surface area contributed by atoms with Gasteiger partial charge in [0.2, 0.25) is 0 Å². The first-order valence-electron chi connectivity index (χ1n) is 10.4. The van der Waals surface area contributed by atoms with Crippen molar-refractivity contribution in [2.24, 2.45) is 0 Å². The molecule has 2 aliphatic heterocycles. The predicted molar refractivity (Wildman–Crippen MR) is 122 cm³/mol. The minimum Gasteiger partial charge on any atom is -0.297 e. The average molecular weight is 399 g/mol. The zero-order valence-corrected chi connectivity index (χ0v) is 17.4. The Bertz CT molecular complexity index is 945. The molecule has 2 aliphatic rings. The molecule has 0 saturated carbocycles. The van der Waals surface area contributed by atoms with E-state index in [9.17, 15) is 0 Å². The molecule has 0 spiro atoms. The van der Waals surface area contributed by atoms with Gasteiger partial charge in [-0.25, -0.2) is 0 Å². The molecule has 0 bridgehead atoms. The molecule has 3 heteroatoms. The summed E-state index contributed by atoms with van der Waals surface area (Å²) in [6.07, 6.45) is 4.53. The van der Waals surface area contributed by atoms with Crippen molar-refractivity contribution >= 4 is 17.8 Å². The third-order valence-corrected chi connectivity index (χ3v) is 7.08. The van der Waals surface area contributed by atoms with Gasteiger partial charge in [-0.1, -0.05) is 90.6 Å². The summed E-state index contributed by atoms with van der Waals surface area (Å²) in [4.78, 5) is 8.05. The van der Waals surface area contributed by atoms with E-state index in [1.54, 1.807) is 0 Å². The predicted octanol–water partition coefficient (Wildman–Crippen LogP) is 5.57. The summed E-state index contributed by atoms with van der Waals surface area (Å²) in [6, 6.07) is 28.8. The third kappa shape index (κ3) is 4.04. The first-order valence-corrected chi connectivity index (χ1v) is 11.2. The number of benzene rings is 3. The van der Waals surface area contributed by atoms with E-state index in [0.717, 1.165) is 32.7 Å². The van der Waals surface area contributed by atoms with Crippen molar-refractivity contribution < 1.29 is 0 Å². The molecule has 0 aliphatic carbocycles. The Balaban J connectivity index is 1.28. The highest BCUT2D eigenvalue weighted by Gasteiger charge is 2.32. The van der Waals surface area contributed by atoms with Crippen molar-refractivity contribution in [1.29, 1.82) is 0 Å². The van der Waals surface area contributed by atoms with Gasteiger partial charge in [0.25, 0.3) is 0 Å². The molecule has 0 N–H and O–H groups in total. The first kappa shape index (κ1) is 18.7. The van der Waals surface area contributed by atoms with E-state index < -0.39 is 0 Å². The van der Waals surface area contributed by atoms with Gasteiger partial charge in [-0.3, -0.25) is 9.80 Å². The molecule has 5 rings (SSSR count). The molecule has 2 heterocycles. The van der Waals surface area contributed by atoms with Crippen LogP contribution in [-0.2, 0) is 0 Å². The Kier molecular flexibility index (Phi) is 5.53. The van der Waals surface area contributed by atoms with E-state index in [-0.39, 0.29) is 0 Å². The smallest absolute Gasteiger partial charge is 0.0624 e. The van der Waals surface area contributed by atoms with Crippen LogP contribution in [0, 0.1) is 0 Å². The van der Waals surface area contributed by atoms with Crippen molar-refractivity contribution in [3.8, 4) is 0 Å². The zero-order valence-electron chi connectivity index (χ0n) is 16.6. The minimum absolute atomic E-state index is 0.380. The monoisotopic (exact) mass is 398 g/mol. The van der Waals surface area contributed by atoms with Gasteiger partial charge < -0.3 is 0 Å². The maximum Gasteiger partial charge on any atom is 0.0624 e. The van der Waals surface area contributed by atoms with E-state index in [2.05, 4.69) is 101 Å². The molecule has 1 saturated heterocycles. The Hall–Kier alpha value is -2.33. The highest BCUT2D eigenvalue weighted by Crippen LogP contribution is 2.47. The van der Waals surface area contributed by atoms with Crippen molar-refractivity contribution in [2.75, 3.05) is 32.7 Å². The van der Waals surface area contributed by atoms with Gasteiger partial charge in [-0.2, -0.15) is 0 Å². The van der Waals surface area contributed by atoms with Crippen molar-refractivity contribution in [1.82, 2.24) is 9.80 Å². The van der Waals surface area contributed by atoms with Crippen molar-refractivity contribution in [3.63, 3.8) is 0 Å². The Morgan fingerprint density at radius 2 is 1.31 bits per heavy atom. The van der Waals surface area contributed by atoms with E-state index in [1.165, 1.54) is 26.5 Å². The summed E-state index contributed by atoms with van der Waals surface area (Å²) >= 11 is 1.91. The van der Waals surface area contributed by atoms with Gasteiger partial charge in [0.05, 0.1) is 6.04 Å². The van der Waals surface area contributed by atoms with Crippen LogP contribution in [0.1, 0.15) is 22.7 Å². The Morgan fingerprint density at radius 1 is 0.724 bits per heavy atom. The van der Waals surface area contributed by atoms with Crippen LogP contribution in [0.2, 0.25) is 0 Å². The van der Waals surface area contributed by atoms with E-state index in [0.29, 0.717) is 6.04 Å². The molecule has 2 nitrogen and oxygen atoms in total. The number of nitrogens with zero attached hydrogens (tertiary/aromatic N) is 2. The molecule has 1 fully saturated rings. The standard InChI is InChI=1S/C26H26N2S/c1-2-9-21(10-3-1)11-8-16-27-17-19-28(20-18-27)26-22-12-4-6-14-24(22)29-25-15-7-5-13-23(25)26/h1-15,26H,16-20H2/b11-8+. The lowest BCUT2D eigenvalue weighted by atomic mass is 9.95. The second kappa shape index (κ2) is 8.58. The summed E-state index contributed by atoms with van der Waals surface area (Å²) in [5, 5.41) is 0. The highest BCUT2D eigenvalue weighted by atomic mass is 32.2. The maximum absolute atomic E-state index is 2.68. The van der Waals surface area contributed by atoms with Crippen LogP contribution >= 0.6 is 11.8 Å². The summed E-state index contributed by atoms with van der Waals surface area (Å²) in [5.74, 6) is 0. The van der Waals surface area contributed by atoms with Crippen LogP contribution < -0.4 is 0 Å². The molecule has 3 aromatic carbocycles. The fourth-order valence-electron chi connectivity index (χ4n) is 4.38. The molecule has 0 aromatic heterocycles. The second-order valence-corrected chi connectivity index (χ2v) is 8.81. The summed E-state index contributed by atoms with van der Waals surface area (Å²) in [5.41, 5.74) is 4.21. The van der Waals surface area contributed by atoms with Crippen molar-refractivity contribution in [2.45, 2.75) is 15.8 Å². The normalized spacial score (nSPS) is 17.9. The van der Waals surface area contributed by atoms with Gasteiger partial charge in [-0.05, 0) is 28.8 Å². The molecule has 0 amide bonds. The molecule has 0 radical (unpaired) electrons. The summed E-state index contributed by atoms with van der Waals surface area (Å²) in [6.45, 7) is 5.48. The number of piperazine rings is 1. The first-order chi connectivity index (χ1) is 14.4. The highest BCUT2D eigenvalue weighted by molar-refractivity contribution is 7.99. The number of hydrogen-bond acceptors (Lipinski definition) is 3. The van der Waals surface area contributed by atoms with Crippen LogP contribution in [-0.4, -0.2) is 42.5 Å². The van der Waals surface area contributed by atoms with Gasteiger partial charge in [0.15, 0.2) is 0 Å². The van der Waals surface area contributed by atoms with Gasteiger partial charge in [0, 0.05) is 42.5 Å². The Morgan fingerprint density at radius 3 is 1.97 bits per heavy atom. The van der Waals surface area contributed by atoms with Gasteiger partial charge in [-0.15, -0.1) is 0 Å². The number of fused-ring (bicyclic) bond motifs is 2. The van der Waals surface area contributed by atoms with Crippen LogP contribution in [0.25, 0.3) is 6.08 Å². The van der Waals surface area contributed by atoms with Crippen LogP contribution in [0.4, 0.5) is 0 Å². The topological polar surface area (TPSA) is 6.48 Å². The molecular weight excluding hydrogens is 372 g/mol. The van der Waals surface area contributed by atoms with E-state index >= 15 is 0 Å². The molecule has 146 valence electrons. The second-order valence-electron chi connectivity index (χ2n) is 7.73. The fourth-order valence-corrected chi connectivity index (χ4v) is 5.51. The summed E-state index contributed by atoms with van der Waals surface area (Å²) < 4.78 is 0. The van der Waals surface area contributed by atoms with Gasteiger partial charge >= 0.3 is 0 Å². The quantitative estimate of drug-likeness (QED) is 0.567. The fraction of sp³-hybridized carbons (Fsp3) is 0.231. The Labute approximate surface area is 177 Å². The minimum atomic E-state index is 0.380. The van der Waals surface area contributed by atoms with E-state index in [4.69, 9.17) is 0 Å². The maximum atomic E-state index is 2.68. The lowest BCUT2D eigenvalue weighted by Gasteiger charge is -2.41. The molecule has 29 heavy (non-hydrogen) atoms. The van der Waals surface area contributed by atoms with Crippen molar-refractivity contribution in [3.05, 3.63) is 102 Å². The zero-order chi connectivity index (χ0) is 19.5. The van der Waals surface area contributed by atoms with Gasteiger partial charge in [0.1, 0.15) is 0 Å². The molecule has 0 atom stereocenters. The van der Waals surface area contributed by atoms with Crippen LogP contribution in [0.3, 0.4) is 0 Å². The number of hydrogen-bond donors (Lipinski definition) is 0. The third-order valence-electron chi connectivity index (χ3n) is 5.89. The SMILES string of the molecule is C(=C\c1ccccc1)/CN1CCN(C2c3ccccc3Sc3ccccc32)CC1. The average Bonchev–Trinajstić information content (AvgIpc) is 2.79. The number of rotatable bonds is 4. The molecule has 3 aromatic rings. The molecular formula is C26H26N2S. The summed E-state index contributed by atoms with van der Waals surface area (Å²) in [7, 11) is 0. The lowest BCUT2D eigenvalue weighted by Crippen LogP contribution is -2.48. The molecule has 0 unspecified atom stereocenters. The van der Waals surface area contributed by atoms with Crippen LogP contribution in [0.15, 0.2) is 94.7 Å². The largest absolute Gasteiger partial charge is 0.297 e. The van der Waals surface area contributed by atoms with Crippen LogP contribution in [0.5, 0.6) is 0 Å². The lowest BCUT2D eigenvalue weighted by molar-refractivity contribution is 0.115. The van der Waals surface area contributed by atoms with E-state index in [1.807, 2.05) is 11.8 Å².